The summed E-state index contributed by atoms with van der Waals surface area (Å²) in [5, 5.41) is 0. The SMILES string of the molecule is CC(C)C1CCN(C(=O)OCCF)CC1. The summed E-state index contributed by atoms with van der Waals surface area (Å²) in [6.07, 6.45) is 1.69. The predicted octanol–water partition coefficient (Wildman–Crippen LogP) is 2.46. The van der Waals surface area contributed by atoms with Crippen molar-refractivity contribution in [3.8, 4) is 0 Å². The molecule has 0 unspecified atom stereocenters. The largest absolute Gasteiger partial charge is 0.447 e. The van der Waals surface area contributed by atoms with Crippen molar-refractivity contribution < 1.29 is 13.9 Å². The average Bonchev–Trinajstić information content (AvgIpc) is 2.26. The van der Waals surface area contributed by atoms with Gasteiger partial charge in [-0.05, 0) is 24.7 Å². The van der Waals surface area contributed by atoms with Gasteiger partial charge in [0.25, 0.3) is 0 Å². The number of alkyl halides is 1. The number of hydrogen-bond acceptors (Lipinski definition) is 2. The first-order valence-electron chi connectivity index (χ1n) is 5.62. The monoisotopic (exact) mass is 217 g/mol. The molecule has 0 aromatic carbocycles. The lowest BCUT2D eigenvalue weighted by Crippen LogP contribution is -2.40. The predicted molar refractivity (Wildman–Crippen MR) is 56.5 cm³/mol. The van der Waals surface area contributed by atoms with Crippen LogP contribution in [0.3, 0.4) is 0 Å². The van der Waals surface area contributed by atoms with Crippen LogP contribution >= 0.6 is 0 Å². The zero-order valence-corrected chi connectivity index (χ0v) is 9.54. The maximum Gasteiger partial charge on any atom is 0.409 e. The Balaban J connectivity index is 2.27. The van der Waals surface area contributed by atoms with E-state index in [0.717, 1.165) is 25.9 Å². The van der Waals surface area contributed by atoms with Crippen LogP contribution in [-0.2, 0) is 4.74 Å². The molecular formula is C11H20FNO2. The summed E-state index contributed by atoms with van der Waals surface area (Å²) in [6.45, 7) is 5.18. The highest BCUT2D eigenvalue weighted by Gasteiger charge is 2.25. The third kappa shape index (κ3) is 3.68. The van der Waals surface area contributed by atoms with Crippen LogP contribution in [0.15, 0.2) is 0 Å². The van der Waals surface area contributed by atoms with Gasteiger partial charge in [-0.1, -0.05) is 13.8 Å². The van der Waals surface area contributed by atoms with Crippen LogP contribution < -0.4 is 0 Å². The maximum absolute atomic E-state index is 11.8. The highest BCUT2D eigenvalue weighted by molar-refractivity contribution is 5.67. The molecule has 1 aliphatic rings. The normalized spacial score (nSPS) is 18.3. The molecule has 0 radical (unpaired) electrons. The molecule has 0 bridgehead atoms. The minimum Gasteiger partial charge on any atom is -0.447 e. The van der Waals surface area contributed by atoms with Gasteiger partial charge in [0.15, 0.2) is 0 Å². The molecule has 15 heavy (non-hydrogen) atoms. The van der Waals surface area contributed by atoms with Crippen LogP contribution in [0.5, 0.6) is 0 Å². The number of likely N-dealkylation sites (tertiary alicyclic amines) is 1. The molecule has 0 saturated carbocycles. The molecule has 0 spiro atoms. The Morgan fingerprint density at radius 2 is 2.07 bits per heavy atom. The molecule has 1 amide bonds. The molecule has 1 fully saturated rings. The fraction of sp³-hybridized carbons (Fsp3) is 0.909. The van der Waals surface area contributed by atoms with Gasteiger partial charge in [0.2, 0.25) is 0 Å². The van der Waals surface area contributed by atoms with Crippen molar-refractivity contribution >= 4 is 6.09 Å². The van der Waals surface area contributed by atoms with E-state index in [2.05, 4.69) is 13.8 Å². The van der Waals surface area contributed by atoms with E-state index in [1.807, 2.05) is 0 Å². The third-order valence-corrected chi connectivity index (χ3v) is 3.04. The summed E-state index contributed by atoms with van der Waals surface area (Å²) in [6, 6.07) is 0. The van der Waals surface area contributed by atoms with E-state index < -0.39 is 6.67 Å². The first-order valence-corrected chi connectivity index (χ1v) is 5.62. The van der Waals surface area contributed by atoms with Gasteiger partial charge < -0.3 is 9.64 Å². The zero-order chi connectivity index (χ0) is 11.3. The molecule has 0 aliphatic carbocycles. The number of carbonyl (C=O) groups excluding carboxylic acids is 1. The molecular weight excluding hydrogens is 197 g/mol. The van der Waals surface area contributed by atoms with Gasteiger partial charge >= 0.3 is 6.09 Å². The van der Waals surface area contributed by atoms with Gasteiger partial charge in [0, 0.05) is 13.1 Å². The van der Waals surface area contributed by atoms with Crippen LogP contribution in [0.2, 0.25) is 0 Å². The van der Waals surface area contributed by atoms with Crippen molar-refractivity contribution in [3.05, 3.63) is 0 Å². The Hall–Kier alpha value is -0.800. The second-order valence-electron chi connectivity index (χ2n) is 4.37. The smallest absolute Gasteiger partial charge is 0.409 e. The minimum absolute atomic E-state index is 0.122. The molecule has 1 heterocycles. The van der Waals surface area contributed by atoms with Crippen molar-refractivity contribution in [1.82, 2.24) is 4.90 Å². The second kappa shape index (κ2) is 5.93. The molecule has 1 aliphatic heterocycles. The summed E-state index contributed by atoms with van der Waals surface area (Å²) in [5.74, 6) is 1.38. The topological polar surface area (TPSA) is 29.5 Å². The zero-order valence-electron chi connectivity index (χ0n) is 9.54. The Morgan fingerprint density at radius 3 is 2.53 bits per heavy atom. The lowest BCUT2D eigenvalue weighted by Gasteiger charge is -2.33. The fourth-order valence-electron chi connectivity index (χ4n) is 1.97. The number of ether oxygens (including phenoxy) is 1. The van der Waals surface area contributed by atoms with E-state index >= 15 is 0 Å². The van der Waals surface area contributed by atoms with Crippen LogP contribution in [0.1, 0.15) is 26.7 Å². The number of hydrogen-bond donors (Lipinski definition) is 0. The van der Waals surface area contributed by atoms with Crippen LogP contribution in [0.4, 0.5) is 9.18 Å². The van der Waals surface area contributed by atoms with Gasteiger partial charge in [0.1, 0.15) is 13.3 Å². The lowest BCUT2D eigenvalue weighted by atomic mass is 9.87. The van der Waals surface area contributed by atoms with Gasteiger partial charge in [-0.15, -0.1) is 0 Å². The Labute approximate surface area is 90.6 Å². The quantitative estimate of drug-likeness (QED) is 0.726. The van der Waals surface area contributed by atoms with Crippen molar-refractivity contribution in [3.63, 3.8) is 0 Å². The molecule has 0 aromatic rings. The fourth-order valence-corrected chi connectivity index (χ4v) is 1.97. The van der Waals surface area contributed by atoms with Crippen LogP contribution in [-0.4, -0.2) is 37.4 Å². The summed E-state index contributed by atoms with van der Waals surface area (Å²) >= 11 is 0. The average molecular weight is 217 g/mol. The van der Waals surface area contributed by atoms with Gasteiger partial charge in [-0.25, -0.2) is 9.18 Å². The van der Waals surface area contributed by atoms with Gasteiger partial charge in [-0.3, -0.25) is 0 Å². The maximum atomic E-state index is 11.8. The highest BCUT2D eigenvalue weighted by atomic mass is 19.1. The molecule has 0 aromatic heterocycles. The Morgan fingerprint density at radius 1 is 1.47 bits per heavy atom. The van der Waals surface area contributed by atoms with E-state index in [4.69, 9.17) is 4.74 Å². The molecule has 1 rings (SSSR count). The number of carbonyl (C=O) groups is 1. The minimum atomic E-state index is -0.603. The van der Waals surface area contributed by atoms with Crippen LogP contribution in [0, 0.1) is 11.8 Å². The second-order valence-corrected chi connectivity index (χ2v) is 4.37. The standard InChI is InChI=1S/C11H20FNO2/c1-9(2)10-3-6-13(7-4-10)11(14)15-8-5-12/h9-10H,3-8H2,1-2H3. The molecule has 1 saturated heterocycles. The number of nitrogens with zero attached hydrogens (tertiary/aromatic N) is 1. The lowest BCUT2D eigenvalue weighted by molar-refractivity contribution is 0.0783. The first-order chi connectivity index (χ1) is 7.15. The van der Waals surface area contributed by atoms with Crippen molar-refractivity contribution in [2.45, 2.75) is 26.7 Å². The molecule has 0 N–H and O–H groups in total. The third-order valence-electron chi connectivity index (χ3n) is 3.04. The number of rotatable bonds is 3. The molecule has 4 heteroatoms. The number of halogens is 1. The van der Waals surface area contributed by atoms with Gasteiger partial charge in [0.05, 0.1) is 0 Å². The Kier molecular flexibility index (Phi) is 4.85. The summed E-state index contributed by atoms with van der Waals surface area (Å²) in [5.41, 5.74) is 0. The molecule has 88 valence electrons. The van der Waals surface area contributed by atoms with E-state index in [1.165, 1.54) is 0 Å². The summed E-state index contributed by atoms with van der Waals surface area (Å²) in [7, 11) is 0. The van der Waals surface area contributed by atoms with Crippen molar-refractivity contribution in [1.29, 1.82) is 0 Å². The van der Waals surface area contributed by atoms with E-state index in [1.54, 1.807) is 4.90 Å². The molecule has 3 nitrogen and oxygen atoms in total. The van der Waals surface area contributed by atoms with Crippen molar-refractivity contribution in [2.75, 3.05) is 26.4 Å². The van der Waals surface area contributed by atoms with Crippen LogP contribution in [0.25, 0.3) is 0 Å². The molecule has 0 atom stereocenters. The van der Waals surface area contributed by atoms with E-state index in [0.29, 0.717) is 11.8 Å². The van der Waals surface area contributed by atoms with Gasteiger partial charge in [-0.2, -0.15) is 0 Å². The van der Waals surface area contributed by atoms with Crippen molar-refractivity contribution in [2.24, 2.45) is 11.8 Å². The number of amides is 1. The van der Waals surface area contributed by atoms with E-state index in [9.17, 15) is 9.18 Å². The first kappa shape index (κ1) is 12.3. The summed E-state index contributed by atoms with van der Waals surface area (Å²) in [4.78, 5) is 13.0. The van der Waals surface area contributed by atoms with E-state index in [-0.39, 0.29) is 12.7 Å². The summed E-state index contributed by atoms with van der Waals surface area (Å²) < 4.78 is 16.5. The highest BCUT2D eigenvalue weighted by Crippen LogP contribution is 2.24. The number of piperidine rings is 1. The Bertz CT molecular complexity index is 201.